The molecule has 4 aromatic rings. The van der Waals surface area contributed by atoms with Crippen molar-refractivity contribution in [2.75, 3.05) is 0 Å². The van der Waals surface area contributed by atoms with Crippen molar-refractivity contribution in [3.8, 4) is 11.8 Å². The first-order valence-corrected chi connectivity index (χ1v) is 9.68. The zero-order valence-electron chi connectivity index (χ0n) is 16.2. The van der Waals surface area contributed by atoms with E-state index in [4.69, 9.17) is 5.11 Å². The maximum absolute atomic E-state index is 11.0. The number of aliphatic hydroxyl groups is 1. The van der Waals surface area contributed by atoms with Crippen molar-refractivity contribution in [1.29, 1.82) is 0 Å². The van der Waals surface area contributed by atoms with Gasteiger partial charge in [-0.15, -0.1) is 0 Å². The van der Waals surface area contributed by atoms with Crippen molar-refractivity contribution < 1.29 is 15.0 Å². The molecular formula is C27H20O3. The highest BCUT2D eigenvalue weighted by molar-refractivity contribution is 5.87. The minimum absolute atomic E-state index is 0.197. The van der Waals surface area contributed by atoms with E-state index in [9.17, 15) is 9.90 Å². The predicted molar refractivity (Wildman–Crippen MR) is 118 cm³/mol. The SMILES string of the molecule is O=C(O)c1ccc(C(O)c2ccc3ccc(C#CCc4ccccc4)cc3c2)cc1. The molecule has 0 heterocycles. The molecule has 0 spiro atoms. The Morgan fingerprint density at radius 1 is 0.800 bits per heavy atom. The number of carboxylic acids is 1. The molecule has 1 atom stereocenters. The largest absolute Gasteiger partial charge is 0.478 e. The lowest BCUT2D eigenvalue weighted by atomic mass is 9.97. The van der Waals surface area contributed by atoms with Crippen LogP contribution in [-0.4, -0.2) is 16.2 Å². The van der Waals surface area contributed by atoms with Crippen LogP contribution in [0.25, 0.3) is 10.8 Å². The van der Waals surface area contributed by atoms with Gasteiger partial charge in [0.15, 0.2) is 0 Å². The van der Waals surface area contributed by atoms with Gasteiger partial charge in [0, 0.05) is 12.0 Å². The van der Waals surface area contributed by atoms with Gasteiger partial charge in [-0.3, -0.25) is 0 Å². The highest BCUT2D eigenvalue weighted by Crippen LogP contribution is 2.26. The van der Waals surface area contributed by atoms with Crippen molar-refractivity contribution in [3.63, 3.8) is 0 Å². The van der Waals surface area contributed by atoms with Crippen molar-refractivity contribution in [2.45, 2.75) is 12.5 Å². The monoisotopic (exact) mass is 392 g/mol. The first-order valence-electron chi connectivity index (χ1n) is 9.68. The summed E-state index contributed by atoms with van der Waals surface area (Å²) < 4.78 is 0. The van der Waals surface area contributed by atoms with Gasteiger partial charge in [-0.25, -0.2) is 4.79 Å². The number of hydrogen-bond acceptors (Lipinski definition) is 2. The number of rotatable bonds is 4. The average molecular weight is 392 g/mol. The van der Waals surface area contributed by atoms with Gasteiger partial charge in [0.1, 0.15) is 6.10 Å². The fraction of sp³-hybridized carbons (Fsp3) is 0.0741. The number of hydrogen-bond donors (Lipinski definition) is 2. The van der Waals surface area contributed by atoms with E-state index in [1.807, 2.05) is 54.6 Å². The van der Waals surface area contributed by atoms with Crippen LogP contribution in [0, 0.1) is 11.8 Å². The number of carboxylic acid groups (broad SMARTS) is 1. The van der Waals surface area contributed by atoms with Crippen molar-refractivity contribution in [3.05, 3.63) is 119 Å². The van der Waals surface area contributed by atoms with E-state index in [1.54, 1.807) is 12.1 Å². The summed E-state index contributed by atoms with van der Waals surface area (Å²) in [5.41, 5.74) is 3.71. The zero-order chi connectivity index (χ0) is 20.9. The Labute approximate surface area is 175 Å². The molecule has 0 saturated heterocycles. The van der Waals surface area contributed by atoms with Crippen molar-refractivity contribution in [1.82, 2.24) is 0 Å². The molecule has 0 aliphatic heterocycles. The third-order valence-corrected chi connectivity index (χ3v) is 5.02. The van der Waals surface area contributed by atoms with Crippen LogP contribution in [0.2, 0.25) is 0 Å². The molecular weight excluding hydrogens is 372 g/mol. The molecule has 0 aliphatic rings. The van der Waals surface area contributed by atoms with E-state index in [0.29, 0.717) is 12.0 Å². The van der Waals surface area contributed by atoms with Crippen LogP contribution in [-0.2, 0) is 6.42 Å². The minimum Gasteiger partial charge on any atom is -0.478 e. The molecule has 2 N–H and O–H groups in total. The lowest BCUT2D eigenvalue weighted by Crippen LogP contribution is -2.01. The maximum Gasteiger partial charge on any atom is 0.335 e. The van der Waals surface area contributed by atoms with Gasteiger partial charge < -0.3 is 10.2 Å². The second-order valence-corrected chi connectivity index (χ2v) is 7.12. The predicted octanol–water partition coefficient (Wildman–Crippen LogP) is 5.21. The van der Waals surface area contributed by atoms with Crippen LogP contribution in [0.3, 0.4) is 0 Å². The van der Waals surface area contributed by atoms with Gasteiger partial charge in [0.25, 0.3) is 0 Å². The average Bonchev–Trinajstić information content (AvgIpc) is 2.79. The molecule has 0 fully saturated rings. The van der Waals surface area contributed by atoms with Crippen LogP contribution >= 0.6 is 0 Å². The molecule has 1 unspecified atom stereocenters. The van der Waals surface area contributed by atoms with E-state index in [-0.39, 0.29) is 5.56 Å². The van der Waals surface area contributed by atoms with Gasteiger partial charge in [-0.1, -0.05) is 72.5 Å². The van der Waals surface area contributed by atoms with Crippen LogP contribution in [0.1, 0.15) is 38.7 Å². The van der Waals surface area contributed by atoms with Crippen LogP contribution in [0.4, 0.5) is 0 Å². The molecule has 4 aromatic carbocycles. The van der Waals surface area contributed by atoms with Gasteiger partial charge in [0.2, 0.25) is 0 Å². The Morgan fingerprint density at radius 2 is 1.50 bits per heavy atom. The highest BCUT2D eigenvalue weighted by atomic mass is 16.4. The number of aliphatic hydroxyl groups excluding tert-OH is 1. The lowest BCUT2D eigenvalue weighted by molar-refractivity contribution is 0.0696. The van der Waals surface area contributed by atoms with Gasteiger partial charge >= 0.3 is 5.97 Å². The quantitative estimate of drug-likeness (QED) is 0.469. The summed E-state index contributed by atoms with van der Waals surface area (Å²) in [5.74, 6) is 5.44. The molecule has 0 aromatic heterocycles. The fourth-order valence-electron chi connectivity index (χ4n) is 3.36. The fourth-order valence-corrected chi connectivity index (χ4v) is 3.36. The van der Waals surface area contributed by atoms with Gasteiger partial charge in [-0.2, -0.15) is 0 Å². The Bertz CT molecular complexity index is 1250. The summed E-state index contributed by atoms with van der Waals surface area (Å²) in [6.45, 7) is 0. The molecule has 146 valence electrons. The normalized spacial score (nSPS) is 11.5. The Morgan fingerprint density at radius 3 is 2.23 bits per heavy atom. The van der Waals surface area contributed by atoms with E-state index in [1.165, 1.54) is 17.7 Å². The number of carbonyl (C=O) groups is 1. The first kappa shape index (κ1) is 19.4. The molecule has 4 rings (SSSR count). The van der Waals surface area contributed by atoms with E-state index < -0.39 is 12.1 Å². The molecule has 0 saturated carbocycles. The summed E-state index contributed by atoms with van der Waals surface area (Å²) in [6.07, 6.45) is -0.130. The third kappa shape index (κ3) is 4.41. The summed E-state index contributed by atoms with van der Waals surface area (Å²) in [5, 5.41) is 21.8. The molecule has 30 heavy (non-hydrogen) atoms. The highest BCUT2D eigenvalue weighted by Gasteiger charge is 2.12. The smallest absolute Gasteiger partial charge is 0.335 e. The second kappa shape index (κ2) is 8.65. The standard InChI is InChI=1S/C27H20O3/c28-26(22-12-14-23(15-13-22)27(29)30)24-16-11-21-10-9-20(17-25(21)18-24)8-4-7-19-5-2-1-3-6-19/h1-3,5-6,9-18,26,28H,7H2,(H,29,30). The van der Waals surface area contributed by atoms with E-state index in [2.05, 4.69) is 24.0 Å². The summed E-state index contributed by atoms with van der Waals surface area (Å²) in [6, 6.07) is 28.3. The summed E-state index contributed by atoms with van der Waals surface area (Å²) in [7, 11) is 0. The Balaban J connectivity index is 1.57. The number of fused-ring (bicyclic) bond motifs is 1. The molecule has 0 radical (unpaired) electrons. The van der Waals surface area contributed by atoms with E-state index >= 15 is 0 Å². The molecule has 0 bridgehead atoms. The zero-order valence-corrected chi connectivity index (χ0v) is 16.2. The van der Waals surface area contributed by atoms with Crippen molar-refractivity contribution in [2.24, 2.45) is 0 Å². The Hall–Kier alpha value is -3.87. The first-order chi connectivity index (χ1) is 14.6. The molecule has 3 nitrogen and oxygen atoms in total. The van der Waals surface area contributed by atoms with E-state index in [0.717, 1.165) is 21.9 Å². The molecule has 0 aliphatic carbocycles. The summed E-state index contributed by atoms with van der Waals surface area (Å²) in [4.78, 5) is 11.0. The van der Waals surface area contributed by atoms with Gasteiger partial charge in [-0.05, 0) is 57.8 Å². The third-order valence-electron chi connectivity index (χ3n) is 5.02. The van der Waals surface area contributed by atoms with Crippen LogP contribution in [0.15, 0.2) is 91.0 Å². The Kier molecular flexibility index (Phi) is 5.61. The minimum atomic E-state index is -0.984. The van der Waals surface area contributed by atoms with Crippen LogP contribution in [0.5, 0.6) is 0 Å². The summed E-state index contributed by atoms with van der Waals surface area (Å²) >= 11 is 0. The molecule has 0 amide bonds. The van der Waals surface area contributed by atoms with Gasteiger partial charge in [0.05, 0.1) is 5.56 Å². The maximum atomic E-state index is 11.0. The topological polar surface area (TPSA) is 57.5 Å². The number of benzene rings is 4. The number of aromatic carboxylic acids is 1. The van der Waals surface area contributed by atoms with Crippen LogP contribution < -0.4 is 0 Å². The van der Waals surface area contributed by atoms with Crippen molar-refractivity contribution >= 4 is 16.7 Å². The second-order valence-electron chi connectivity index (χ2n) is 7.12. The lowest BCUT2D eigenvalue weighted by Gasteiger charge is -2.13. The molecule has 3 heteroatoms.